The molecule has 0 aliphatic heterocycles. The van der Waals surface area contributed by atoms with E-state index in [2.05, 4.69) is 27.7 Å². The Morgan fingerprint density at radius 1 is 1.18 bits per heavy atom. The molecule has 0 amide bonds. The van der Waals surface area contributed by atoms with E-state index in [1.807, 2.05) is 6.07 Å². The van der Waals surface area contributed by atoms with Gasteiger partial charge in [0.1, 0.15) is 11.6 Å². The van der Waals surface area contributed by atoms with Gasteiger partial charge in [0, 0.05) is 0 Å². The number of hydrogen-bond donors (Lipinski definition) is 0. The molecule has 0 aromatic carbocycles. The Morgan fingerprint density at radius 2 is 1.65 bits per heavy atom. The minimum absolute atomic E-state index is 0.204. The highest BCUT2D eigenvalue weighted by Crippen LogP contribution is 2.28. The first-order chi connectivity index (χ1) is 8.03. The van der Waals surface area contributed by atoms with Crippen molar-refractivity contribution < 1.29 is 9.53 Å². The lowest BCUT2D eigenvalue weighted by atomic mass is 9.83. The minimum atomic E-state index is -0.481. The average Bonchev–Trinajstić information content (AvgIpc) is 2.34. The minimum Gasteiger partial charge on any atom is -0.462 e. The molecule has 3 heteroatoms. The fraction of sp³-hybridized carbons (Fsp3) is 0.714. The largest absolute Gasteiger partial charge is 0.462 e. The Hall–Kier alpha value is -1.30. The normalized spacial score (nSPS) is 13.4. The third-order valence-electron chi connectivity index (χ3n) is 3.17. The van der Waals surface area contributed by atoms with E-state index in [1.165, 1.54) is 0 Å². The van der Waals surface area contributed by atoms with Crippen LogP contribution in [-0.2, 0) is 9.53 Å². The van der Waals surface area contributed by atoms with Gasteiger partial charge in [0.2, 0.25) is 0 Å². The van der Waals surface area contributed by atoms with Gasteiger partial charge in [0.15, 0.2) is 0 Å². The maximum Gasteiger partial charge on any atom is 0.348 e. The summed E-state index contributed by atoms with van der Waals surface area (Å²) in [4.78, 5) is 11.8. The summed E-state index contributed by atoms with van der Waals surface area (Å²) in [7, 11) is 0. The lowest BCUT2D eigenvalue weighted by Gasteiger charge is -2.21. The second-order valence-electron chi connectivity index (χ2n) is 4.28. The van der Waals surface area contributed by atoms with Crippen molar-refractivity contribution in [3.05, 3.63) is 11.1 Å². The molecular formula is C14H23NO2. The molecule has 0 saturated heterocycles. The molecule has 96 valence electrons. The number of hydrogen-bond acceptors (Lipinski definition) is 3. The van der Waals surface area contributed by atoms with Crippen molar-refractivity contribution in [3.8, 4) is 6.07 Å². The van der Waals surface area contributed by atoms with Crippen molar-refractivity contribution in [2.75, 3.05) is 6.61 Å². The molecule has 17 heavy (non-hydrogen) atoms. The monoisotopic (exact) mass is 237 g/mol. The van der Waals surface area contributed by atoms with Crippen LogP contribution in [0.4, 0.5) is 0 Å². The number of ether oxygens (including phenoxy) is 1. The van der Waals surface area contributed by atoms with Crippen LogP contribution in [0.5, 0.6) is 0 Å². The van der Waals surface area contributed by atoms with Gasteiger partial charge in [-0.3, -0.25) is 0 Å². The molecule has 0 heterocycles. The van der Waals surface area contributed by atoms with E-state index in [0.29, 0.717) is 6.61 Å². The summed E-state index contributed by atoms with van der Waals surface area (Å²) in [5.41, 5.74) is 1.14. The van der Waals surface area contributed by atoms with Crippen LogP contribution < -0.4 is 0 Å². The van der Waals surface area contributed by atoms with Gasteiger partial charge < -0.3 is 4.74 Å². The Labute approximate surface area is 104 Å². The van der Waals surface area contributed by atoms with Crippen molar-refractivity contribution in [3.63, 3.8) is 0 Å². The maximum absolute atomic E-state index is 11.8. The highest BCUT2D eigenvalue weighted by molar-refractivity contribution is 5.93. The van der Waals surface area contributed by atoms with Crippen LogP contribution in [0.15, 0.2) is 11.1 Å². The molecule has 0 aromatic rings. The van der Waals surface area contributed by atoms with Gasteiger partial charge in [-0.15, -0.1) is 0 Å². The second kappa shape index (κ2) is 7.89. The van der Waals surface area contributed by atoms with Gasteiger partial charge >= 0.3 is 5.97 Å². The summed E-state index contributed by atoms with van der Waals surface area (Å²) >= 11 is 0. The summed E-state index contributed by atoms with van der Waals surface area (Å²) in [5.74, 6) is -0.00128. The summed E-state index contributed by atoms with van der Waals surface area (Å²) in [6, 6.07) is 2.02. The van der Waals surface area contributed by atoms with Crippen molar-refractivity contribution in [1.29, 1.82) is 5.26 Å². The number of nitriles is 1. The second-order valence-corrected chi connectivity index (χ2v) is 4.28. The zero-order valence-corrected chi connectivity index (χ0v) is 11.5. The SMILES string of the molecule is CCOC(=O)C(C#N)=C([C@@H](C)CC)[C@@H](C)CC. The average molecular weight is 237 g/mol. The van der Waals surface area contributed by atoms with Gasteiger partial charge in [0.25, 0.3) is 0 Å². The van der Waals surface area contributed by atoms with Crippen molar-refractivity contribution in [1.82, 2.24) is 0 Å². The number of allylic oxidation sites excluding steroid dienone is 1. The Bertz CT molecular complexity index is 314. The zero-order chi connectivity index (χ0) is 13.4. The van der Waals surface area contributed by atoms with Gasteiger partial charge in [-0.05, 0) is 37.2 Å². The molecular weight excluding hydrogens is 214 g/mol. The summed E-state index contributed by atoms with van der Waals surface area (Å²) in [6.07, 6.45) is 1.84. The van der Waals surface area contributed by atoms with Crippen LogP contribution in [0.25, 0.3) is 0 Å². The van der Waals surface area contributed by atoms with Crippen LogP contribution >= 0.6 is 0 Å². The lowest BCUT2D eigenvalue weighted by Crippen LogP contribution is -2.16. The summed E-state index contributed by atoms with van der Waals surface area (Å²) in [6.45, 7) is 10.3. The van der Waals surface area contributed by atoms with Crippen LogP contribution in [-0.4, -0.2) is 12.6 Å². The first-order valence-corrected chi connectivity index (χ1v) is 6.34. The molecule has 0 unspecified atom stereocenters. The molecule has 2 atom stereocenters. The standard InChI is InChI=1S/C14H23NO2/c1-6-10(4)13(11(5)7-2)12(9-15)14(16)17-8-3/h10-11H,6-8H2,1-5H3/t10-,11-/m0/s1. The lowest BCUT2D eigenvalue weighted by molar-refractivity contribution is -0.138. The van der Waals surface area contributed by atoms with E-state index in [4.69, 9.17) is 4.74 Å². The molecule has 0 bridgehead atoms. The molecule has 0 spiro atoms. The molecule has 0 N–H and O–H groups in total. The quantitative estimate of drug-likeness (QED) is 0.404. The van der Waals surface area contributed by atoms with Gasteiger partial charge in [-0.25, -0.2) is 4.79 Å². The maximum atomic E-state index is 11.8. The molecule has 0 fully saturated rings. The van der Waals surface area contributed by atoms with E-state index < -0.39 is 5.97 Å². The van der Waals surface area contributed by atoms with E-state index in [9.17, 15) is 10.1 Å². The smallest absolute Gasteiger partial charge is 0.348 e. The van der Waals surface area contributed by atoms with E-state index in [0.717, 1.165) is 18.4 Å². The highest BCUT2D eigenvalue weighted by Gasteiger charge is 2.23. The van der Waals surface area contributed by atoms with E-state index >= 15 is 0 Å². The third-order valence-corrected chi connectivity index (χ3v) is 3.17. The van der Waals surface area contributed by atoms with Gasteiger partial charge in [-0.2, -0.15) is 5.26 Å². The molecule has 0 radical (unpaired) electrons. The molecule has 3 nitrogen and oxygen atoms in total. The van der Waals surface area contributed by atoms with Crippen LogP contribution in [0.1, 0.15) is 47.5 Å². The summed E-state index contributed by atoms with van der Waals surface area (Å²) < 4.78 is 4.95. The molecule has 0 rings (SSSR count). The number of carbonyl (C=O) groups excluding carboxylic acids is 1. The number of nitrogens with zero attached hydrogens (tertiary/aromatic N) is 1. The topological polar surface area (TPSA) is 50.1 Å². The Morgan fingerprint density at radius 3 is 1.94 bits per heavy atom. The Kier molecular flexibility index (Phi) is 7.29. The van der Waals surface area contributed by atoms with Crippen LogP contribution in [0, 0.1) is 23.2 Å². The van der Waals surface area contributed by atoms with Crippen LogP contribution in [0.3, 0.4) is 0 Å². The van der Waals surface area contributed by atoms with Gasteiger partial charge in [-0.1, -0.05) is 27.7 Å². The summed E-state index contributed by atoms with van der Waals surface area (Å²) in [5, 5.41) is 9.17. The van der Waals surface area contributed by atoms with Crippen molar-refractivity contribution in [2.45, 2.75) is 47.5 Å². The number of esters is 1. The first kappa shape index (κ1) is 15.7. The molecule has 0 saturated carbocycles. The molecule has 0 aromatic heterocycles. The fourth-order valence-corrected chi connectivity index (χ4v) is 1.85. The Balaban J connectivity index is 5.45. The predicted octanol–water partition coefficient (Wildman–Crippen LogP) is 3.46. The molecule has 0 aliphatic rings. The zero-order valence-electron chi connectivity index (χ0n) is 11.5. The first-order valence-electron chi connectivity index (χ1n) is 6.34. The molecule has 0 aliphatic carbocycles. The van der Waals surface area contributed by atoms with E-state index in [1.54, 1.807) is 6.92 Å². The fourth-order valence-electron chi connectivity index (χ4n) is 1.85. The third kappa shape index (κ3) is 4.22. The number of rotatable bonds is 6. The predicted molar refractivity (Wildman–Crippen MR) is 68.2 cm³/mol. The number of carbonyl (C=O) groups is 1. The highest BCUT2D eigenvalue weighted by atomic mass is 16.5. The van der Waals surface area contributed by atoms with Crippen molar-refractivity contribution >= 4 is 5.97 Å². The van der Waals surface area contributed by atoms with Crippen LogP contribution in [0.2, 0.25) is 0 Å². The van der Waals surface area contributed by atoms with Gasteiger partial charge in [0.05, 0.1) is 6.61 Å². The van der Waals surface area contributed by atoms with E-state index in [-0.39, 0.29) is 17.4 Å². The van der Waals surface area contributed by atoms with Crippen molar-refractivity contribution in [2.24, 2.45) is 11.8 Å².